The molecule has 2 radical (unpaired) electrons. The molecule has 0 heterocycles. The van der Waals surface area contributed by atoms with Crippen molar-refractivity contribution in [2.24, 2.45) is 0 Å². The molecule has 0 unspecified atom stereocenters. The van der Waals surface area contributed by atoms with Gasteiger partial charge in [0.15, 0.2) is 0 Å². The molecule has 8 N–H and O–H groups in total. The van der Waals surface area contributed by atoms with Gasteiger partial charge in [0.1, 0.15) is 18.3 Å². The van der Waals surface area contributed by atoms with Crippen molar-refractivity contribution in [1.29, 1.82) is 0 Å². The fraction of sp³-hybridized carbons (Fsp3) is 0.310. The van der Waals surface area contributed by atoms with Gasteiger partial charge in [-0.3, -0.25) is 9.59 Å². The Morgan fingerprint density at radius 3 is 0.884 bits per heavy atom. The van der Waals surface area contributed by atoms with E-state index in [4.69, 9.17) is 30.6 Å². The number of nitrogens with one attached hydrogen (secondary N) is 2. The first-order valence-corrected chi connectivity index (χ1v) is 9.49. The molecule has 0 aliphatic heterocycles. The van der Waals surface area contributed by atoms with Gasteiger partial charge in [0.05, 0.1) is 0 Å². The summed E-state index contributed by atoms with van der Waals surface area (Å²) < 4.78 is 0. The minimum absolute atomic E-state index is 0. The topological polar surface area (TPSA) is 214 Å². The summed E-state index contributed by atoms with van der Waals surface area (Å²) in [4.78, 5) is 40.0. The van der Waals surface area contributed by atoms with E-state index in [1.165, 1.54) is 14.1 Å². The molecule has 2 amide bonds. The van der Waals surface area contributed by atoms with E-state index >= 15 is 0 Å². The van der Waals surface area contributed by atoms with Crippen LogP contribution in [0, 0.1) is 0 Å². The van der Waals surface area contributed by atoms with Gasteiger partial charge in [0.2, 0.25) is 11.8 Å². The number of rotatable bonds is 4. The van der Waals surface area contributed by atoms with E-state index in [2.05, 4.69) is 10.6 Å². The Bertz CT molecular complexity index is 827. The normalized spacial score (nSPS) is 7.16. The second kappa shape index (κ2) is 55.5. The Morgan fingerprint density at radius 2 is 0.767 bits per heavy atom. The summed E-state index contributed by atoms with van der Waals surface area (Å²) in [5.41, 5.74) is 0. The van der Waals surface area contributed by atoms with E-state index in [-0.39, 0.29) is 110 Å². The third kappa shape index (κ3) is 73.5. The van der Waals surface area contributed by atoms with Crippen molar-refractivity contribution in [1.82, 2.24) is 10.6 Å². The van der Waals surface area contributed by atoms with Crippen molar-refractivity contribution in [3.63, 3.8) is 0 Å². The number of likely N-dealkylation sites (N-methyl/N-ethyl adjacent to an activating group) is 2. The molecule has 0 spiro atoms. The number of hydrogen-bond donors (Lipinski definition) is 8. The van der Waals surface area contributed by atoms with Gasteiger partial charge >= 0.3 is 11.9 Å². The Labute approximate surface area is 309 Å². The molecule has 12 nitrogen and oxygen atoms in total. The molecule has 0 atom stereocenters. The summed E-state index contributed by atoms with van der Waals surface area (Å²) in [5, 5.41) is 52.0. The fourth-order valence-corrected chi connectivity index (χ4v) is 1.32. The van der Waals surface area contributed by atoms with Crippen LogP contribution in [-0.4, -0.2) is 75.3 Å². The standard InChI is InChI=1S/2C6H6O.2C5H7NO3.CH4O2.6CH4.2Y/c2*7-6-4-2-1-3-5-6;2*1-6-4(7)2-3-5(8)9;2-1-3;;;;;;;;/h2*1-5,7H;2*2-3H,1H3,(H,6,7)(H,8,9);2-3H,1H2;6*1H4;;/b;;2*3-2-;;;;;;;;;. The molecule has 0 saturated heterocycles. The quantitative estimate of drug-likeness (QED) is 0.163. The summed E-state index contributed by atoms with van der Waals surface area (Å²) >= 11 is 0. The zero-order chi connectivity index (χ0) is 27.5. The second-order valence-electron chi connectivity index (χ2n) is 5.38. The van der Waals surface area contributed by atoms with Crippen LogP contribution in [-0.2, 0) is 84.6 Å². The third-order valence-electron chi connectivity index (χ3n) is 2.76. The van der Waals surface area contributed by atoms with Crippen LogP contribution >= 0.6 is 0 Å². The van der Waals surface area contributed by atoms with Crippen LogP contribution in [0.3, 0.4) is 0 Å². The molecule has 0 fully saturated rings. The van der Waals surface area contributed by atoms with Gasteiger partial charge < -0.3 is 41.3 Å². The number of para-hydroxylation sites is 2. The molecule has 2 aromatic carbocycles. The minimum Gasteiger partial charge on any atom is -0.508 e. The van der Waals surface area contributed by atoms with Crippen molar-refractivity contribution in [2.45, 2.75) is 44.6 Å². The van der Waals surface area contributed by atoms with E-state index in [9.17, 15) is 19.2 Å². The van der Waals surface area contributed by atoms with Crippen LogP contribution < -0.4 is 10.6 Å². The molecular formula is C29H54N2O10Y2. The number of aliphatic hydroxyl groups is 2. The van der Waals surface area contributed by atoms with Gasteiger partial charge in [-0.1, -0.05) is 81.0 Å². The van der Waals surface area contributed by atoms with Gasteiger partial charge in [0.25, 0.3) is 0 Å². The number of phenolic OH excluding ortho intramolecular Hbond substituents is 2. The minimum atomic E-state index is -1.13. The Hall–Kier alpha value is -2.47. The van der Waals surface area contributed by atoms with Crippen LogP contribution in [0.25, 0.3) is 0 Å². The Kier molecular flexibility index (Phi) is 93.7. The maximum Gasteiger partial charge on any atom is 0.328 e. The van der Waals surface area contributed by atoms with Crippen LogP contribution in [0.4, 0.5) is 0 Å². The van der Waals surface area contributed by atoms with Crippen molar-refractivity contribution in [3.8, 4) is 11.5 Å². The SMILES string of the molecule is C.C.C.C.C.C.CNC(=O)/C=C\C(=O)O.CNC(=O)/C=C\C(=O)O.OCO.Oc1ccccc1.Oc1ccccc1.[Y].[Y]. The third-order valence-corrected chi connectivity index (χ3v) is 2.76. The van der Waals surface area contributed by atoms with Gasteiger partial charge in [-0.05, 0) is 24.3 Å². The molecule has 0 aliphatic carbocycles. The van der Waals surface area contributed by atoms with E-state index in [0.29, 0.717) is 11.5 Å². The molecule has 2 aromatic rings. The van der Waals surface area contributed by atoms with Gasteiger partial charge in [-0.2, -0.15) is 0 Å². The molecule has 246 valence electrons. The Balaban J connectivity index is -0.0000000323. The van der Waals surface area contributed by atoms with E-state index in [0.717, 1.165) is 24.3 Å². The van der Waals surface area contributed by atoms with Crippen molar-refractivity contribution in [2.75, 3.05) is 20.9 Å². The summed E-state index contributed by atoms with van der Waals surface area (Å²) in [6.45, 7) is -0.750. The molecule has 0 saturated carbocycles. The van der Waals surface area contributed by atoms with Crippen LogP contribution in [0.5, 0.6) is 11.5 Å². The number of benzene rings is 2. The first-order valence-electron chi connectivity index (χ1n) is 9.49. The maximum atomic E-state index is 10.3. The number of hydrogen-bond acceptors (Lipinski definition) is 8. The molecule has 2 rings (SSSR count). The maximum absolute atomic E-state index is 10.3. The average molecular weight is 769 g/mol. The first kappa shape index (κ1) is 72.6. The number of amides is 2. The summed E-state index contributed by atoms with van der Waals surface area (Å²) in [7, 11) is 2.85. The van der Waals surface area contributed by atoms with Crippen molar-refractivity contribution >= 4 is 23.8 Å². The number of phenols is 2. The smallest absolute Gasteiger partial charge is 0.328 e. The average Bonchev–Trinajstić information content (AvgIpc) is 2.83. The summed E-state index contributed by atoms with van der Waals surface area (Å²) in [6, 6.07) is 17.4. The summed E-state index contributed by atoms with van der Waals surface area (Å²) in [6.07, 6.45) is 3.45. The first-order chi connectivity index (χ1) is 16.5. The van der Waals surface area contributed by atoms with Crippen LogP contribution in [0.15, 0.2) is 85.0 Å². The predicted octanol–water partition coefficient (Wildman–Crippen LogP) is 4.27. The second-order valence-corrected chi connectivity index (χ2v) is 5.38. The summed E-state index contributed by atoms with van der Waals surface area (Å²) in [5.74, 6) is -2.45. The number of aromatic hydroxyl groups is 2. The molecule has 14 heteroatoms. The molecule has 0 aromatic heterocycles. The zero-order valence-corrected chi connectivity index (χ0v) is 25.9. The van der Waals surface area contributed by atoms with E-state index < -0.39 is 30.5 Å². The van der Waals surface area contributed by atoms with E-state index in [1.54, 1.807) is 48.5 Å². The van der Waals surface area contributed by atoms with Crippen LogP contribution in [0.1, 0.15) is 44.6 Å². The largest absolute Gasteiger partial charge is 0.508 e. The van der Waals surface area contributed by atoms with E-state index in [1.807, 2.05) is 12.1 Å². The number of carboxylic acids is 2. The van der Waals surface area contributed by atoms with Gasteiger partial charge in [-0.25, -0.2) is 9.59 Å². The van der Waals surface area contributed by atoms with Gasteiger partial charge in [0, 0.05) is 104 Å². The molecule has 43 heavy (non-hydrogen) atoms. The van der Waals surface area contributed by atoms with Gasteiger partial charge in [-0.15, -0.1) is 0 Å². The van der Waals surface area contributed by atoms with Crippen LogP contribution in [0.2, 0.25) is 0 Å². The number of carbonyl (C=O) groups is 4. The number of aliphatic hydroxyl groups excluding tert-OH is 1. The number of aliphatic carboxylic acids is 2. The Morgan fingerprint density at radius 1 is 0.558 bits per heavy atom. The molecule has 0 aliphatic rings. The monoisotopic (exact) mass is 768 g/mol. The van der Waals surface area contributed by atoms with Crippen molar-refractivity contribution in [3.05, 3.63) is 85.0 Å². The zero-order valence-electron chi connectivity index (χ0n) is 20.3. The van der Waals surface area contributed by atoms with Crippen molar-refractivity contribution < 1.29 is 115 Å². The number of carboxylic acid groups (broad SMARTS) is 2. The molecule has 0 bridgehead atoms. The molecular weight excluding hydrogens is 714 g/mol. The number of carbonyl (C=O) groups excluding carboxylic acids is 2. The predicted molar refractivity (Wildman–Crippen MR) is 168 cm³/mol. The fourth-order valence-electron chi connectivity index (χ4n) is 1.32.